The van der Waals surface area contributed by atoms with Crippen molar-refractivity contribution in [2.45, 2.75) is 64.7 Å². The SMILES string of the molecule is CC(N)C(OC1CCC(C)(C)CC1)c1ccc(Br)s1. The van der Waals surface area contributed by atoms with Gasteiger partial charge in [-0.1, -0.05) is 13.8 Å². The second kappa shape index (κ2) is 6.25. The molecule has 1 heterocycles. The van der Waals surface area contributed by atoms with E-state index >= 15 is 0 Å². The van der Waals surface area contributed by atoms with E-state index in [2.05, 4.69) is 41.9 Å². The van der Waals surface area contributed by atoms with Crippen molar-refractivity contribution in [1.82, 2.24) is 0 Å². The molecule has 0 saturated heterocycles. The van der Waals surface area contributed by atoms with Gasteiger partial charge in [0.2, 0.25) is 0 Å². The van der Waals surface area contributed by atoms with Crippen LogP contribution in [0.3, 0.4) is 0 Å². The minimum Gasteiger partial charge on any atom is -0.368 e. The summed E-state index contributed by atoms with van der Waals surface area (Å²) in [5, 5.41) is 0. The molecule has 1 fully saturated rings. The summed E-state index contributed by atoms with van der Waals surface area (Å²) in [6.07, 6.45) is 5.20. The summed E-state index contributed by atoms with van der Waals surface area (Å²) < 4.78 is 7.45. The number of halogens is 1. The van der Waals surface area contributed by atoms with Crippen LogP contribution in [-0.2, 0) is 4.74 Å². The predicted molar refractivity (Wildman–Crippen MR) is 85.5 cm³/mol. The number of thiophene rings is 1. The van der Waals surface area contributed by atoms with Gasteiger partial charge in [0.15, 0.2) is 0 Å². The van der Waals surface area contributed by atoms with Crippen molar-refractivity contribution in [3.05, 3.63) is 20.8 Å². The van der Waals surface area contributed by atoms with Crippen LogP contribution < -0.4 is 5.73 Å². The Labute approximate surface area is 128 Å². The zero-order chi connectivity index (χ0) is 14.0. The Kier molecular flexibility index (Phi) is 5.09. The quantitative estimate of drug-likeness (QED) is 0.843. The zero-order valence-electron chi connectivity index (χ0n) is 12.0. The topological polar surface area (TPSA) is 35.2 Å². The predicted octanol–water partition coefficient (Wildman–Crippen LogP) is 4.88. The Hall–Kier alpha value is 0.1000. The first-order chi connectivity index (χ1) is 8.87. The first kappa shape index (κ1) is 15.5. The van der Waals surface area contributed by atoms with Crippen LogP contribution in [0, 0.1) is 5.41 Å². The lowest BCUT2D eigenvalue weighted by Gasteiger charge is -2.36. The van der Waals surface area contributed by atoms with Crippen LogP contribution in [0.2, 0.25) is 0 Å². The molecule has 2 rings (SSSR count). The minimum atomic E-state index is 0.0282. The molecular weight excluding hydrogens is 322 g/mol. The Balaban J connectivity index is 1.98. The average Bonchev–Trinajstić information content (AvgIpc) is 2.74. The van der Waals surface area contributed by atoms with Gasteiger partial charge in [0.25, 0.3) is 0 Å². The molecule has 4 heteroatoms. The molecule has 2 nitrogen and oxygen atoms in total. The fraction of sp³-hybridized carbons (Fsp3) is 0.733. The molecule has 1 aliphatic rings. The molecule has 1 aliphatic carbocycles. The van der Waals surface area contributed by atoms with Crippen molar-refractivity contribution < 1.29 is 4.74 Å². The maximum atomic E-state index is 6.31. The van der Waals surface area contributed by atoms with Crippen molar-refractivity contribution in [3.63, 3.8) is 0 Å². The monoisotopic (exact) mass is 345 g/mol. The fourth-order valence-corrected chi connectivity index (χ4v) is 4.22. The van der Waals surface area contributed by atoms with Crippen molar-refractivity contribution in [2.24, 2.45) is 11.1 Å². The summed E-state index contributed by atoms with van der Waals surface area (Å²) >= 11 is 5.24. The summed E-state index contributed by atoms with van der Waals surface area (Å²) in [4.78, 5) is 1.23. The van der Waals surface area contributed by atoms with Crippen LogP contribution in [0.5, 0.6) is 0 Å². The highest BCUT2D eigenvalue weighted by molar-refractivity contribution is 9.11. The van der Waals surface area contributed by atoms with Crippen LogP contribution in [0.15, 0.2) is 15.9 Å². The normalized spacial score (nSPS) is 23.2. The number of nitrogens with two attached hydrogens (primary N) is 1. The van der Waals surface area contributed by atoms with Crippen molar-refractivity contribution in [1.29, 1.82) is 0 Å². The number of rotatable bonds is 4. The number of ether oxygens (including phenoxy) is 1. The number of hydrogen-bond acceptors (Lipinski definition) is 3. The average molecular weight is 346 g/mol. The highest BCUT2D eigenvalue weighted by atomic mass is 79.9. The third-order valence-electron chi connectivity index (χ3n) is 3.98. The van der Waals surface area contributed by atoms with Gasteiger partial charge < -0.3 is 10.5 Å². The maximum Gasteiger partial charge on any atom is 0.107 e. The van der Waals surface area contributed by atoms with E-state index in [1.807, 2.05) is 6.92 Å². The van der Waals surface area contributed by atoms with Gasteiger partial charge in [-0.2, -0.15) is 0 Å². The van der Waals surface area contributed by atoms with Crippen LogP contribution >= 0.6 is 27.3 Å². The highest BCUT2D eigenvalue weighted by Crippen LogP contribution is 2.39. The Morgan fingerprint density at radius 1 is 1.37 bits per heavy atom. The number of hydrogen-bond donors (Lipinski definition) is 1. The van der Waals surface area contributed by atoms with E-state index in [0.29, 0.717) is 11.5 Å². The second-order valence-corrected chi connectivity index (χ2v) is 8.92. The third kappa shape index (κ3) is 4.28. The standard InChI is InChI=1S/C15H24BrNOS/c1-10(17)14(12-4-5-13(16)19-12)18-11-6-8-15(2,3)9-7-11/h4-5,10-11,14H,6-9,17H2,1-3H3. The van der Waals surface area contributed by atoms with Crippen molar-refractivity contribution >= 4 is 27.3 Å². The molecule has 2 atom stereocenters. The molecule has 0 aromatic carbocycles. The lowest BCUT2D eigenvalue weighted by molar-refractivity contribution is -0.0533. The van der Waals surface area contributed by atoms with Crippen LogP contribution in [0.4, 0.5) is 0 Å². The molecule has 108 valence electrons. The van der Waals surface area contributed by atoms with E-state index in [4.69, 9.17) is 10.5 Å². The van der Waals surface area contributed by atoms with E-state index in [9.17, 15) is 0 Å². The van der Waals surface area contributed by atoms with Gasteiger partial charge in [-0.25, -0.2) is 0 Å². The largest absolute Gasteiger partial charge is 0.368 e. The van der Waals surface area contributed by atoms with Gasteiger partial charge in [-0.3, -0.25) is 0 Å². The lowest BCUT2D eigenvalue weighted by atomic mass is 9.76. The molecule has 0 radical (unpaired) electrons. The molecule has 0 aliphatic heterocycles. The van der Waals surface area contributed by atoms with Gasteiger partial charge in [-0.05, 0) is 66.1 Å². The summed E-state index contributed by atoms with van der Waals surface area (Å²) in [6, 6.07) is 4.22. The van der Waals surface area contributed by atoms with Crippen molar-refractivity contribution in [3.8, 4) is 0 Å². The Morgan fingerprint density at radius 3 is 2.47 bits per heavy atom. The smallest absolute Gasteiger partial charge is 0.107 e. The van der Waals surface area contributed by atoms with Crippen LogP contribution in [0.25, 0.3) is 0 Å². The Morgan fingerprint density at radius 2 is 2.00 bits per heavy atom. The summed E-state index contributed by atoms with van der Waals surface area (Å²) in [7, 11) is 0. The molecule has 2 N–H and O–H groups in total. The molecule has 0 spiro atoms. The van der Waals surface area contributed by atoms with Gasteiger partial charge in [0, 0.05) is 10.9 Å². The van der Waals surface area contributed by atoms with E-state index in [1.54, 1.807) is 11.3 Å². The van der Waals surface area contributed by atoms with E-state index in [-0.39, 0.29) is 12.1 Å². The molecule has 2 unspecified atom stereocenters. The zero-order valence-corrected chi connectivity index (χ0v) is 14.4. The van der Waals surface area contributed by atoms with Crippen molar-refractivity contribution in [2.75, 3.05) is 0 Å². The minimum absolute atomic E-state index is 0.0282. The van der Waals surface area contributed by atoms with E-state index < -0.39 is 0 Å². The molecule has 0 bridgehead atoms. The van der Waals surface area contributed by atoms with E-state index in [1.165, 1.54) is 17.7 Å². The lowest BCUT2D eigenvalue weighted by Crippen LogP contribution is -2.33. The van der Waals surface area contributed by atoms with E-state index in [0.717, 1.165) is 16.6 Å². The second-order valence-electron chi connectivity index (χ2n) is 6.42. The maximum absolute atomic E-state index is 6.31. The molecule has 19 heavy (non-hydrogen) atoms. The van der Waals surface area contributed by atoms with Gasteiger partial charge in [0.05, 0.1) is 9.89 Å². The third-order valence-corrected chi connectivity index (χ3v) is 5.66. The molecule has 1 aromatic rings. The van der Waals surface area contributed by atoms with Gasteiger partial charge in [0.1, 0.15) is 6.10 Å². The highest BCUT2D eigenvalue weighted by Gasteiger charge is 2.30. The first-order valence-electron chi connectivity index (χ1n) is 7.04. The Bertz CT molecular complexity index is 406. The first-order valence-corrected chi connectivity index (χ1v) is 8.65. The molecule has 1 aromatic heterocycles. The molecule has 1 saturated carbocycles. The molecular formula is C15H24BrNOS. The van der Waals surface area contributed by atoms with Gasteiger partial charge in [-0.15, -0.1) is 11.3 Å². The van der Waals surface area contributed by atoms with Crippen LogP contribution in [-0.4, -0.2) is 12.1 Å². The fourth-order valence-electron chi connectivity index (χ4n) is 2.65. The summed E-state index contributed by atoms with van der Waals surface area (Å²) in [5.41, 5.74) is 6.60. The van der Waals surface area contributed by atoms with Gasteiger partial charge >= 0.3 is 0 Å². The van der Waals surface area contributed by atoms with Crippen LogP contribution in [0.1, 0.15) is 57.4 Å². The summed E-state index contributed by atoms with van der Waals surface area (Å²) in [5.74, 6) is 0. The summed E-state index contributed by atoms with van der Waals surface area (Å²) in [6.45, 7) is 6.73. The molecule has 0 amide bonds.